The zero-order valence-corrected chi connectivity index (χ0v) is 28.3. The van der Waals surface area contributed by atoms with Crippen molar-refractivity contribution in [2.75, 3.05) is 0 Å². The van der Waals surface area contributed by atoms with Crippen LogP contribution in [0.4, 0.5) is 4.39 Å². The monoisotopic (exact) mass is 654 g/mol. The SMILES string of the molecule is C=c1c(-c2nc(-c3ccccc3)c(-c3ccccc3)n2Cc2ccccc2)c(P(c2ccccc2)c2ccccc2)cc/c1=C/C=C(\C)F. The first-order chi connectivity index (χ1) is 24.1. The first kappa shape index (κ1) is 31.9. The van der Waals surface area contributed by atoms with E-state index in [0.29, 0.717) is 6.54 Å². The van der Waals surface area contributed by atoms with E-state index >= 15 is 0 Å². The summed E-state index contributed by atoms with van der Waals surface area (Å²) in [6, 6.07) is 57.1. The predicted octanol–water partition coefficient (Wildman–Crippen LogP) is 8.75. The van der Waals surface area contributed by atoms with Crippen LogP contribution in [0.3, 0.4) is 0 Å². The van der Waals surface area contributed by atoms with Gasteiger partial charge in [-0.05, 0) is 52.8 Å². The molecule has 0 radical (unpaired) electrons. The van der Waals surface area contributed by atoms with Crippen molar-refractivity contribution in [3.05, 3.63) is 192 Å². The Morgan fingerprint density at radius 2 is 1.18 bits per heavy atom. The summed E-state index contributed by atoms with van der Waals surface area (Å²) < 4.78 is 16.5. The third-order valence-corrected chi connectivity index (χ3v) is 11.0. The molecule has 0 atom stereocenters. The van der Waals surface area contributed by atoms with Gasteiger partial charge in [-0.1, -0.05) is 176 Å². The Morgan fingerprint density at radius 3 is 1.73 bits per heavy atom. The fraction of sp³-hybridized carbons (Fsp3) is 0.0444. The molecule has 0 aliphatic rings. The van der Waals surface area contributed by atoms with Crippen LogP contribution in [0.5, 0.6) is 0 Å². The molecule has 0 bridgehead atoms. The van der Waals surface area contributed by atoms with Gasteiger partial charge in [0.1, 0.15) is 5.82 Å². The van der Waals surface area contributed by atoms with E-state index in [0.717, 1.165) is 55.2 Å². The van der Waals surface area contributed by atoms with Gasteiger partial charge in [0.05, 0.1) is 17.2 Å². The second-order valence-electron chi connectivity index (χ2n) is 11.9. The van der Waals surface area contributed by atoms with Crippen LogP contribution >= 0.6 is 7.92 Å². The molecule has 0 N–H and O–H groups in total. The lowest BCUT2D eigenvalue weighted by Crippen LogP contribution is -2.34. The number of aromatic nitrogens is 2. The molecule has 6 aromatic carbocycles. The summed E-state index contributed by atoms with van der Waals surface area (Å²) in [5, 5.41) is 5.27. The summed E-state index contributed by atoms with van der Waals surface area (Å²) in [6.45, 7) is 6.78. The molecule has 1 heterocycles. The number of benzene rings is 6. The first-order valence-electron chi connectivity index (χ1n) is 16.4. The minimum Gasteiger partial charge on any atom is -0.319 e. The average Bonchev–Trinajstić information content (AvgIpc) is 3.51. The lowest BCUT2D eigenvalue weighted by Gasteiger charge is -2.23. The highest BCUT2D eigenvalue weighted by atomic mass is 31.1. The fourth-order valence-electron chi connectivity index (χ4n) is 6.28. The molecule has 0 amide bonds. The maximum atomic E-state index is 14.1. The highest BCUT2D eigenvalue weighted by Gasteiger charge is 2.27. The van der Waals surface area contributed by atoms with Crippen molar-refractivity contribution in [2.45, 2.75) is 13.5 Å². The summed E-state index contributed by atoms with van der Waals surface area (Å²) in [4.78, 5) is 5.58. The highest BCUT2D eigenvalue weighted by molar-refractivity contribution is 7.80. The van der Waals surface area contributed by atoms with Crippen molar-refractivity contribution in [1.29, 1.82) is 0 Å². The second-order valence-corrected chi connectivity index (χ2v) is 14.1. The summed E-state index contributed by atoms with van der Waals surface area (Å²) >= 11 is 0. The molecule has 7 aromatic rings. The summed E-state index contributed by atoms with van der Waals surface area (Å²) in [5.74, 6) is 0.571. The maximum absolute atomic E-state index is 14.1. The number of hydrogen-bond donors (Lipinski definition) is 0. The highest BCUT2D eigenvalue weighted by Crippen LogP contribution is 2.39. The minimum atomic E-state index is -1.02. The normalized spacial score (nSPS) is 12.1. The molecule has 0 saturated heterocycles. The topological polar surface area (TPSA) is 17.8 Å². The van der Waals surface area contributed by atoms with Gasteiger partial charge >= 0.3 is 0 Å². The Bertz CT molecular complexity index is 2270. The molecular formula is C45H36FN2P. The molecule has 49 heavy (non-hydrogen) atoms. The molecule has 0 saturated carbocycles. The Balaban J connectivity index is 1.62. The Morgan fingerprint density at radius 1 is 0.673 bits per heavy atom. The molecule has 0 fully saturated rings. The smallest absolute Gasteiger partial charge is 0.142 e. The Labute approximate surface area is 288 Å². The van der Waals surface area contributed by atoms with Crippen molar-refractivity contribution < 1.29 is 4.39 Å². The fourth-order valence-corrected chi connectivity index (χ4v) is 8.76. The molecule has 0 spiro atoms. The van der Waals surface area contributed by atoms with Gasteiger partial charge in [0, 0.05) is 23.2 Å². The van der Waals surface area contributed by atoms with E-state index in [9.17, 15) is 4.39 Å². The van der Waals surface area contributed by atoms with Gasteiger partial charge in [0.25, 0.3) is 0 Å². The summed E-state index contributed by atoms with van der Waals surface area (Å²) in [6.07, 6.45) is 3.32. The van der Waals surface area contributed by atoms with Gasteiger partial charge in [-0.25, -0.2) is 9.37 Å². The molecule has 1 aromatic heterocycles. The van der Waals surface area contributed by atoms with Gasteiger partial charge < -0.3 is 4.57 Å². The van der Waals surface area contributed by atoms with Crippen LogP contribution in [0, 0.1) is 0 Å². The van der Waals surface area contributed by atoms with E-state index < -0.39 is 7.92 Å². The Hall–Kier alpha value is -5.63. The van der Waals surface area contributed by atoms with Crippen LogP contribution in [-0.2, 0) is 6.54 Å². The first-order valence-corrected chi connectivity index (χ1v) is 17.7. The van der Waals surface area contributed by atoms with E-state index in [2.05, 4.69) is 150 Å². The standard InChI is InChI=1S/C45H36FN2P/c1-33(46)28-29-36-30-31-41(49(39-24-14-6-15-25-39)40-26-16-7-17-27-40)42(34(36)2)45-47-43(37-20-10-4-11-21-37)44(38-22-12-5-13-23-38)48(45)32-35-18-8-3-9-19-35/h3-31H,2,32H2,1H3/b33-28+,36-29-. The lowest BCUT2D eigenvalue weighted by molar-refractivity contribution is 0.642. The molecule has 0 aliphatic heterocycles. The molecular weight excluding hydrogens is 618 g/mol. The summed E-state index contributed by atoms with van der Waals surface area (Å²) in [7, 11) is -1.02. The third kappa shape index (κ3) is 6.85. The third-order valence-electron chi connectivity index (χ3n) is 8.56. The van der Waals surface area contributed by atoms with Gasteiger partial charge in [-0.15, -0.1) is 0 Å². The quantitative estimate of drug-likeness (QED) is 0.142. The molecule has 7 rings (SSSR count). The van der Waals surface area contributed by atoms with Crippen molar-refractivity contribution in [1.82, 2.24) is 9.55 Å². The molecule has 4 heteroatoms. The van der Waals surface area contributed by atoms with Crippen LogP contribution in [0.15, 0.2) is 176 Å². The minimum absolute atomic E-state index is 0.260. The van der Waals surface area contributed by atoms with E-state index in [4.69, 9.17) is 11.6 Å². The molecule has 238 valence electrons. The van der Waals surface area contributed by atoms with Crippen LogP contribution in [0.1, 0.15) is 12.5 Å². The average molecular weight is 655 g/mol. The molecule has 0 aliphatic carbocycles. The van der Waals surface area contributed by atoms with Crippen LogP contribution in [0.25, 0.3) is 46.6 Å². The number of allylic oxidation sites excluding steroid dienone is 2. The molecule has 2 nitrogen and oxygen atoms in total. The second kappa shape index (κ2) is 14.6. The van der Waals surface area contributed by atoms with Gasteiger partial charge in [-0.2, -0.15) is 0 Å². The number of rotatable bonds is 9. The number of nitrogens with zero attached hydrogens (tertiary/aromatic N) is 2. The largest absolute Gasteiger partial charge is 0.319 e. The Kier molecular flexibility index (Phi) is 9.55. The predicted molar refractivity (Wildman–Crippen MR) is 207 cm³/mol. The van der Waals surface area contributed by atoms with Crippen LogP contribution in [0.2, 0.25) is 0 Å². The zero-order valence-electron chi connectivity index (χ0n) is 27.4. The van der Waals surface area contributed by atoms with Crippen molar-refractivity contribution in [2.24, 2.45) is 0 Å². The van der Waals surface area contributed by atoms with Crippen LogP contribution < -0.4 is 26.4 Å². The van der Waals surface area contributed by atoms with Gasteiger partial charge in [0.2, 0.25) is 0 Å². The zero-order chi connectivity index (χ0) is 33.6. The molecule has 0 unspecified atom stereocenters. The van der Waals surface area contributed by atoms with E-state index in [1.807, 2.05) is 24.3 Å². The number of hydrogen-bond acceptors (Lipinski definition) is 1. The van der Waals surface area contributed by atoms with Gasteiger partial charge in [0.15, 0.2) is 0 Å². The van der Waals surface area contributed by atoms with Crippen LogP contribution in [-0.4, -0.2) is 9.55 Å². The number of imidazole rings is 1. The maximum Gasteiger partial charge on any atom is 0.142 e. The number of halogens is 1. The van der Waals surface area contributed by atoms with Crippen molar-refractivity contribution >= 4 is 36.5 Å². The van der Waals surface area contributed by atoms with Crippen molar-refractivity contribution in [3.8, 4) is 33.9 Å². The van der Waals surface area contributed by atoms with E-state index in [1.54, 1.807) is 0 Å². The van der Waals surface area contributed by atoms with Gasteiger partial charge in [-0.3, -0.25) is 0 Å². The van der Waals surface area contributed by atoms with E-state index in [-0.39, 0.29) is 5.83 Å². The van der Waals surface area contributed by atoms with E-state index in [1.165, 1.54) is 23.6 Å². The summed E-state index contributed by atoms with van der Waals surface area (Å²) in [5.41, 5.74) is 6.18. The van der Waals surface area contributed by atoms with Crippen molar-refractivity contribution in [3.63, 3.8) is 0 Å². The lowest BCUT2D eigenvalue weighted by atomic mass is 10.0.